The van der Waals surface area contributed by atoms with Gasteiger partial charge in [-0.25, -0.2) is 14.6 Å². The number of fused-ring (bicyclic) bond motifs is 4. The molecule has 1 aliphatic rings. The number of methoxy groups -OCH3 is 1. The van der Waals surface area contributed by atoms with E-state index in [1.807, 2.05) is 10.8 Å². The van der Waals surface area contributed by atoms with Crippen LogP contribution in [-0.4, -0.2) is 55.0 Å². The first-order valence-corrected chi connectivity index (χ1v) is 17.1. The predicted molar refractivity (Wildman–Crippen MR) is 157 cm³/mol. The summed E-state index contributed by atoms with van der Waals surface area (Å²) in [5, 5.41) is 8.46. The molecule has 1 aliphatic heterocycles. The molecular weight excluding hydrogens is 530 g/mol. The monoisotopic (exact) mass is 571 g/mol. The molecule has 0 unspecified atom stereocenters. The molecule has 0 saturated heterocycles. The van der Waals surface area contributed by atoms with Gasteiger partial charge in [0.15, 0.2) is 0 Å². The summed E-state index contributed by atoms with van der Waals surface area (Å²) in [4.78, 5) is 42.2. The predicted octanol–water partition coefficient (Wildman–Crippen LogP) is 5.90. The topological polar surface area (TPSA) is 133 Å². The van der Waals surface area contributed by atoms with Crippen molar-refractivity contribution in [2.75, 3.05) is 24.4 Å². The average molecular weight is 572 g/mol. The van der Waals surface area contributed by atoms with Gasteiger partial charge in [0, 0.05) is 32.1 Å². The van der Waals surface area contributed by atoms with Crippen LogP contribution in [0.25, 0.3) is 11.3 Å². The van der Waals surface area contributed by atoms with Gasteiger partial charge in [0.05, 0.1) is 24.5 Å². The fourth-order valence-electron chi connectivity index (χ4n) is 3.94. The molecule has 0 aliphatic carbocycles. The van der Waals surface area contributed by atoms with Crippen LogP contribution < -0.4 is 16.0 Å². The van der Waals surface area contributed by atoms with Gasteiger partial charge in [-0.2, -0.15) is 0 Å². The zero-order valence-electron chi connectivity index (χ0n) is 24.4. The smallest absolute Gasteiger partial charge is 0.411 e. The largest absolute Gasteiger partial charge is 0.453 e. The molecule has 1 aromatic heterocycles. The summed E-state index contributed by atoms with van der Waals surface area (Å²) >= 11 is 0. The van der Waals surface area contributed by atoms with Crippen molar-refractivity contribution in [2.24, 2.45) is 0 Å². The van der Waals surface area contributed by atoms with E-state index in [2.05, 4.69) is 35.6 Å². The average Bonchev–Trinajstić information content (AvgIpc) is 3.25. The van der Waals surface area contributed by atoms with Gasteiger partial charge in [0.1, 0.15) is 18.2 Å². The first-order valence-electron chi connectivity index (χ1n) is 13.4. The van der Waals surface area contributed by atoms with Crippen LogP contribution in [0, 0.1) is 0 Å². The summed E-state index contributed by atoms with van der Waals surface area (Å²) < 4.78 is 18.2. The van der Waals surface area contributed by atoms with Crippen molar-refractivity contribution in [1.29, 1.82) is 0 Å². The lowest BCUT2D eigenvalue weighted by atomic mass is 10.1. The Morgan fingerprint density at radius 3 is 2.62 bits per heavy atom. The summed E-state index contributed by atoms with van der Waals surface area (Å²) in [7, 11) is -0.00755. The van der Waals surface area contributed by atoms with E-state index in [0.29, 0.717) is 47.9 Å². The molecule has 12 heteroatoms. The summed E-state index contributed by atoms with van der Waals surface area (Å²) in [6.07, 6.45) is 4.85. The Morgan fingerprint density at radius 1 is 1.20 bits per heavy atom. The van der Waals surface area contributed by atoms with Crippen LogP contribution >= 0.6 is 0 Å². The van der Waals surface area contributed by atoms with Crippen LogP contribution in [0.5, 0.6) is 0 Å². The van der Waals surface area contributed by atoms with E-state index in [1.54, 1.807) is 45.0 Å². The molecule has 1 aromatic carbocycles. The number of hydrogen-bond donors (Lipinski definition) is 3. The number of anilines is 2. The summed E-state index contributed by atoms with van der Waals surface area (Å²) in [6.45, 7) is 13.2. The zero-order chi connectivity index (χ0) is 29.5. The third-order valence-electron chi connectivity index (χ3n) is 5.91. The van der Waals surface area contributed by atoms with Gasteiger partial charge < -0.3 is 29.4 Å². The Bertz CT molecular complexity index is 1240. The minimum Gasteiger partial charge on any atom is -0.453 e. The lowest BCUT2D eigenvalue weighted by Gasteiger charge is -2.24. The Kier molecular flexibility index (Phi) is 10.1. The van der Waals surface area contributed by atoms with E-state index in [0.717, 1.165) is 6.04 Å². The fraction of sp³-hybridized carbons (Fsp3) is 0.500. The number of aromatic nitrogens is 2. The van der Waals surface area contributed by atoms with Gasteiger partial charge in [0.25, 0.3) is 0 Å². The number of alkyl carbamates (subject to hydrolysis) is 1. The number of benzene rings is 1. The summed E-state index contributed by atoms with van der Waals surface area (Å²) in [6, 6.07) is 5.61. The lowest BCUT2D eigenvalue weighted by molar-refractivity contribution is -0.111. The van der Waals surface area contributed by atoms with Crippen LogP contribution in [0.4, 0.5) is 21.0 Å². The first-order chi connectivity index (χ1) is 18.7. The SMILES string of the molecule is COC(=O)Nc1ccc2c(c1)NC(=O)/C=C\CC[C@H](NC(=O)OC(C)(C)C)c1nc-2cn1COCC[Si](C)(C)C. The first kappa shape index (κ1) is 30.9. The Morgan fingerprint density at radius 2 is 1.95 bits per heavy atom. The van der Waals surface area contributed by atoms with Crippen molar-refractivity contribution in [3.05, 3.63) is 42.4 Å². The number of rotatable bonds is 7. The van der Waals surface area contributed by atoms with Crippen LogP contribution in [0.15, 0.2) is 36.5 Å². The molecule has 0 radical (unpaired) electrons. The molecule has 2 bridgehead atoms. The van der Waals surface area contributed by atoms with Crippen molar-refractivity contribution in [3.8, 4) is 11.3 Å². The molecule has 2 aromatic rings. The van der Waals surface area contributed by atoms with Gasteiger partial charge >= 0.3 is 12.2 Å². The van der Waals surface area contributed by atoms with Crippen molar-refractivity contribution >= 4 is 37.5 Å². The number of amides is 3. The van der Waals surface area contributed by atoms with Crippen LogP contribution in [0.1, 0.15) is 45.5 Å². The van der Waals surface area contributed by atoms with E-state index in [1.165, 1.54) is 13.2 Å². The highest BCUT2D eigenvalue weighted by molar-refractivity contribution is 6.76. The maximum Gasteiger partial charge on any atom is 0.411 e. The second kappa shape index (κ2) is 13.1. The van der Waals surface area contributed by atoms with E-state index < -0.39 is 31.9 Å². The van der Waals surface area contributed by atoms with Gasteiger partial charge in [-0.05, 0) is 63.9 Å². The van der Waals surface area contributed by atoms with E-state index >= 15 is 0 Å². The maximum atomic E-state index is 12.8. The molecule has 218 valence electrons. The molecule has 11 nitrogen and oxygen atoms in total. The minimum atomic E-state index is -1.28. The Hall–Kier alpha value is -3.64. The van der Waals surface area contributed by atoms with E-state index in [-0.39, 0.29) is 12.6 Å². The van der Waals surface area contributed by atoms with Gasteiger partial charge in [-0.3, -0.25) is 10.1 Å². The lowest BCUT2D eigenvalue weighted by Crippen LogP contribution is -2.36. The van der Waals surface area contributed by atoms with Gasteiger partial charge in [0.2, 0.25) is 5.91 Å². The Balaban J connectivity index is 2.04. The molecular formula is C28H41N5O6Si. The molecule has 2 heterocycles. The van der Waals surface area contributed by atoms with Crippen molar-refractivity contribution in [3.63, 3.8) is 0 Å². The number of carbonyl (C=O) groups is 3. The molecule has 3 amide bonds. The summed E-state index contributed by atoms with van der Waals surface area (Å²) in [5.41, 5.74) is 1.45. The number of hydrogen-bond acceptors (Lipinski definition) is 7. The molecule has 1 atom stereocenters. The van der Waals surface area contributed by atoms with E-state index in [9.17, 15) is 14.4 Å². The third kappa shape index (κ3) is 9.52. The minimum absolute atomic E-state index is 0.249. The highest BCUT2D eigenvalue weighted by atomic mass is 28.3. The highest BCUT2D eigenvalue weighted by Crippen LogP contribution is 2.33. The number of carbonyl (C=O) groups excluding carboxylic acids is 3. The quantitative estimate of drug-likeness (QED) is 0.279. The second-order valence-electron chi connectivity index (χ2n) is 11.8. The molecule has 40 heavy (non-hydrogen) atoms. The third-order valence-corrected chi connectivity index (χ3v) is 7.62. The standard InChI is InChI=1S/C28H41N5O6Si/c1-28(2,3)39-27(36)32-21-10-8-9-11-24(34)30-22-16-19(29-26(35)37-4)12-13-20(22)23-17-33(25(21)31-23)18-38-14-15-40(5,6)7/h9,11-13,16-17,21H,8,10,14-15,18H2,1-7H3,(H,29,35)(H,30,34)(H,32,36)/b11-9-/t21-/m0/s1. The van der Waals surface area contributed by atoms with Crippen LogP contribution in [0.3, 0.4) is 0 Å². The van der Waals surface area contributed by atoms with Crippen molar-refractivity contribution in [2.45, 2.75) is 77.7 Å². The van der Waals surface area contributed by atoms with Gasteiger partial charge in [-0.1, -0.05) is 25.7 Å². The number of allylic oxidation sites excluding steroid dienone is 1. The van der Waals surface area contributed by atoms with Crippen LogP contribution in [-0.2, 0) is 25.7 Å². The van der Waals surface area contributed by atoms with Crippen molar-refractivity contribution in [1.82, 2.24) is 14.9 Å². The maximum absolute atomic E-state index is 12.8. The highest BCUT2D eigenvalue weighted by Gasteiger charge is 2.26. The van der Waals surface area contributed by atoms with Crippen LogP contribution in [0.2, 0.25) is 25.7 Å². The number of nitrogens with zero attached hydrogens (tertiary/aromatic N) is 2. The van der Waals surface area contributed by atoms with Gasteiger partial charge in [-0.15, -0.1) is 0 Å². The zero-order valence-corrected chi connectivity index (χ0v) is 25.4. The normalized spacial score (nSPS) is 16.5. The van der Waals surface area contributed by atoms with Crippen molar-refractivity contribution < 1.29 is 28.6 Å². The number of nitrogens with one attached hydrogen (secondary N) is 3. The molecule has 0 spiro atoms. The number of ether oxygens (including phenoxy) is 3. The Labute approximate surface area is 236 Å². The van der Waals surface area contributed by atoms with E-state index in [4.69, 9.17) is 19.2 Å². The molecule has 3 rings (SSSR count). The molecule has 0 fully saturated rings. The molecule has 0 saturated carbocycles. The number of imidazole rings is 1. The fourth-order valence-corrected chi connectivity index (χ4v) is 4.70. The molecule has 3 N–H and O–H groups in total. The second-order valence-corrected chi connectivity index (χ2v) is 17.5. The summed E-state index contributed by atoms with van der Waals surface area (Å²) in [5.74, 6) is 0.278.